The van der Waals surface area contributed by atoms with E-state index in [2.05, 4.69) is 14.7 Å². The number of rotatable bonds is 3. The lowest BCUT2D eigenvalue weighted by Gasteiger charge is -2.00. The molecule has 2 rings (SSSR count). The number of carbonyl (C=O) groups excluding carboxylic acids is 1. The quantitative estimate of drug-likeness (QED) is 0.764. The first-order valence-corrected chi connectivity index (χ1v) is 5.62. The summed E-state index contributed by atoms with van der Waals surface area (Å²) in [7, 11) is 1.36. The van der Waals surface area contributed by atoms with Gasteiger partial charge >= 0.3 is 5.97 Å². The van der Waals surface area contributed by atoms with Gasteiger partial charge in [-0.15, -0.1) is 11.3 Å². The van der Waals surface area contributed by atoms with E-state index in [9.17, 15) is 4.79 Å². The maximum Gasteiger partial charge on any atom is 0.349 e. The largest absolute Gasteiger partial charge is 0.465 e. The van der Waals surface area contributed by atoms with Crippen LogP contribution in [-0.2, 0) is 11.3 Å². The molecule has 0 aliphatic carbocycles. The van der Waals surface area contributed by atoms with Crippen molar-refractivity contribution in [3.05, 3.63) is 23.6 Å². The van der Waals surface area contributed by atoms with Gasteiger partial charge in [-0.3, -0.25) is 0 Å². The van der Waals surface area contributed by atoms with Crippen LogP contribution in [0.2, 0.25) is 0 Å². The maximum atomic E-state index is 11.3. The maximum absolute atomic E-state index is 11.3. The van der Waals surface area contributed by atoms with E-state index in [1.165, 1.54) is 24.6 Å². The molecule has 84 valence electrons. The molecular formula is C10H11N3O2S. The Balaban J connectivity index is 2.35. The molecule has 0 unspecified atom stereocenters. The highest BCUT2D eigenvalue weighted by Crippen LogP contribution is 2.25. The number of ether oxygens (including phenoxy) is 1. The molecule has 16 heavy (non-hydrogen) atoms. The fraction of sp³-hybridized carbons (Fsp3) is 0.300. The lowest BCUT2D eigenvalue weighted by Crippen LogP contribution is -1.96. The molecular weight excluding hydrogens is 226 g/mol. The fourth-order valence-corrected chi connectivity index (χ4v) is 2.20. The molecule has 0 amide bonds. The zero-order chi connectivity index (χ0) is 11.5. The summed E-state index contributed by atoms with van der Waals surface area (Å²) in [5, 5.41) is 0.778. The molecule has 0 aromatic carbocycles. The van der Waals surface area contributed by atoms with Crippen molar-refractivity contribution in [2.45, 2.75) is 13.5 Å². The molecule has 0 fully saturated rings. The number of methoxy groups -OCH3 is 1. The van der Waals surface area contributed by atoms with Crippen LogP contribution in [0.1, 0.15) is 16.6 Å². The van der Waals surface area contributed by atoms with Gasteiger partial charge in [-0.25, -0.2) is 14.8 Å². The van der Waals surface area contributed by atoms with Gasteiger partial charge in [-0.2, -0.15) is 0 Å². The Hall–Kier alpha value is -1.69. The van der Waals surface area contributed by atoms with E-state index in [-0.39, 0.29) is 5.97 Å². The van der Waals surface area contributed by atoms with Gasteiger partial charge in [-0.05, 0) is 6.92 Å². The Morgan fingerprint density at radius 3 is 3.06 bits per heavy atom. The number of nitrogens with zero attached hydrogens (tertiary/aromatic N) is 3. The Labute approximate surface area is 96.7 Å². The molecule has 0 aliphatic heterocycles. The number of imidazole rings is 1. The molecule has 6 heteroatoms. The number of esters is 1. The molecule has 0 aliphatic rings. The number of thiazole rings is 1. The molecule has 0 atom stereocenters. The first kappa shape index (κ1) is 10.8. The van der Waals surface area contributed by atoms with Crippen molar-refractivity contribution < 1.29 is 9.53 Å². The van der Waals surface area contributed by atoms with Crippen molar-refractivity contribution in [2.24, 2.45) is 0 Å². The van der Waals surface area contributed by atoms with Crippen LogP contribution in [0, 0.1) is 0 Å². The predicted molar refractivity (Wildman–Crippen MR) is 60.3 cm³/mol. The average molecular weight is 237 g/mol. The fourth-order valence-electron chi connectivity index (χ4n) is 1.34. The van der Waals surface area contributed by atoms with Crippen molar-refractivity contribution >= 4 is 17.3 Å². The van der Waals surface area contributed by atoms with Gasteiger partial charge in [0.1, 0.15) is 9.88 Å². The minimum atomic E-state index is -0.355. The number of hydrogen-bond donors (Lipinski definition) is 0. The Morgan fingerprint density at radius 1 is 1.56 bits per heavy atom. The second-order valence-corrected chi connectivity index (χ2v) is 4.12. The van der Waals surface area contributed by atoms with Crippen LogP contribution >= 0.6 is 11.3 Å². The van der Waals surface area contributed by atoms with Gasteiger partial charge < -0.3 is 9.30 Å². The summed E-state index contributed by atoms with van der Waals surface area (Å²) >= 11 is 1.31. The van der Waals surface area contributed by atoms with Crippen molar-refractivity contribution in [1.29, 1.82) is 0 Å². The van der Waals surface area contributed by atoms with Gasteiger partial charge in [0.15, 0.2) is 0 Å². The van der Waals surface area contributed by atoms with Crippen LogP contribution in [0.25, 0.3) is 10.7 Å². The van der Waals surface area contributed by atoms with Crippen LogP contribution in [-0.4, -0.2) is 27.6 Å². The molecule has 2 heterocycles. The van der Waals surface area contributed by atoms with Crippen LogP contribution in [0.3, 0.4) is 0 Å². The van der Waals surface area contributed by atoms with Crippen LogP contribution in [0.4, 0.5) is 0 Å². The lowest BCUT2D eigenvalue weighted by molar-refractivity contribution is 0.0606. The molecule has 0 spiro atoms. The van der Waals surface area contributed by atoms with E-state index in [0.717, 1.165) is 17.2 Å². The highest BCUT2D eigenvalue weighted by molar-refractivity contribution is 7.16. The lowest BCUT2D eigenvalue weighted by atomic mass is 10.5. The molecule has 0 radical (unpaired) electrons. The van der Waals surface area contributed by atoms with E-state index >= 15 is 0 Å². The third-order valence-electron chi connectivity index (χ3n) is 2.16. The number of carbonyl (C=O) groups is 1. The third kappa shape index (κ3) is 1.83. The normalized spacial score (nSPS) is 10.4. The summed E-state index contributed by atoms with van der Waals surface area (Å²) in [4.78, 5) is 20.0. The molecule has 0 bridgehead atoms. The topological polar surface area (TPSA) is 57.0 Å². The molecule has 2 aromatic rings. The van der Waals surface area contributed by atoms with Crippen LogP contribution < -0.4 is 0 Å². The highest BCUT2D eigenvalue weighted by atomic mass is 32.1. The van der Waals surface area contributed by atoms with Crippen LogP contribution in [0.5, 0.6) is 0 Å². The summed E-state index contributed by atoms with van der Waals surface area (Å²) in [6.45, 7) is 2.85. The molecule has 5 nitrogen and oxygen atoms in total. The van der Waals surface area contributed by atoms with Gasteiger partial charge in [-0.1, -0.05) is 0 Å². The van der Waals surface area contributed by atoms with Gasteiger partial charge in [0.2, 0.25) is 0 Å². The molecule has 2 aromatic heterocycles. The minimum Gasteiger partial charge on any atom is -0.465 e. The van der Waals surface area contributed by atoms with Gasteiger partial charge in [0.05, 0.1) is 31.5 Å². The monoisotopic (exact) mass is 237 g/mol. The van der Waals surface area contributed by atoms with E-state index in [1.807, 2.05) is 11.5 Å². The van der Waals surface area contributed by atoms with Crippen molar-refractivity contribution in [3.63, 3.8) is 0 Å². The highest BCUT2D eigenvalue weighted by Gasteiger charge is 2.13. The molecule has 0 saturated heterocycles. The van der Waals surface area contributed by atoms with E-state index in [1.54, 1.807) is 12.5 Å². The Bertz CT molecular complexity index is 504. The second-order valence-electron chi connectivity index (χ2n) is 3.09. The summed E-state index contributed by atoms with van der Waals surface area (Å²) in [5.74, 6) is -0.355. The van der Waals surface area contributed by atoms with E-state index in [0.29, 0.717) is 4.88 Å². The summed E-state index contributed by atoms with van der Waals surface area (Å²) in [5.41, 5.74) is 0.919. The van der Waals surface area contributed by atoms with E-state index in [4.69, 9.17) is 0 Å². The minimum absolute atomic E-state index is 0.355. The smallest absolute Gasteiger partial charge is 0.349 e. The molecule has 0 saturated carbocycles. The van der Waals surface area contributed by atoms with Gasteiger partial charge in [0, 0.05) is 6.54 Å². The zero-order valence-corrected chi connectivity index (χ0v) is 9.82. The summed E-state index contributed by atoms with van der Waals surface area (Å²) in [6.07, 6.45) is 5.01. The van der Waals surface area contributed by atoms with Gasteiger partial charge in [0.25, 0.3) is 0 Å². The zero-order valence-electron chi connectivity index (χ0n) is 9.01. The first-order chi connectivity index (χ1) is 7.76. The van der Waals surface area contributed by atoms with Crippen molar-refractivity contribution in [1.82, 2.24) is 14.5 Å². The molecule has 0 N–H and O–H groups in total. The number of aromatic nitrogens is 3. The second kappa shape index (κ2) is 4.44. The average Bonchev–Trinajstić information content (AvgIpc) is 2.95. The SMILES string of the molecule is CCn1cncc1-c1ncc(C(=O)OC)s1. The Kier molecular flexibility index (Phi) is 3.00. The number of hydrogen-bond acceptors (Lipinski definition) is 5. The van der Waals surface area contributed by atoms with E-state index < -0.39 is 0 Å². The van der Waals surface area contributed by atoms with Crippen molar-refractivity contribution in [3.8, 4) is 10.7 Å². The summed E-state index contributed by atoms with van der Waals surface area (Å²) in [6, 6.07) is 0. The Morgan fingerprint density at radius 2 is 2.38 bits per heavy atom. The first-order valence-electron chi connectivity index (χ1n) is 4.81. The van der Waals surface area contributed by atoms with Crippen molar-refractivity contribution in [2.75, 3.05) is 7.11 Å². The van der Waals surface area contributed by atoms with Crippen LogP contribution in [0.15, 0.2) is 18.7 Å². The standard InChI is InChI=1S/C10H11N3O2S/c1-3-13-6-11-4-7(13)9-12-5-8(16-9)10(14)15-2/h4-6H,3H2,1-2H3. The third-order valence-corrected chi connectivity index (χ3v) is 3.16. The predicted octanol–water partition coefficient (Wildman–Crippen LogP) is 1.81. The number of aryl methyl sites for hydroxylation is 1. The summed E-state index contributed by atoms with van der Waals surface area (Å²) < 4.78 is 6.60.